The van der Waals surface area contributed by atoms with Crippen molar-refractivity contribution in [1.29, 1.82) is 0 Å². The van der Waals surface area contributed by atoms with Gasteiger partial charge in [0, 0.05) is 7.11 Å². The first-order valence-electron chi connectivity index (χ1n) is 3.30. The Bertz CT molecular complexity index is 147. The summed E-state index contributed by atoms with van der Waals surface area (Å²) >= 11 is 0. The van der Waals surface area contributed by atoms with E-state index in [1.807, 2.05) is 13.0 Å². The molecule has 0 fully saturated rings. The lowest BCUT2D eigenvalue weighted by Crippen LogP contribution is -2.03. The summed E-state index contributed by atoms with van der Waals surface area (Å²) in [6.07, 6.45) is 1.84. The summed E-state index contributed by atoms with van der Waals surface area (Å²) < 4.78 is 4.94. The van der Waals surface area contributed by atoms with E-state index in [1.54, 1.807) is 21.0 Å². The molecule has 0 saturated heterocycles. The van der Waals surface area contributed by atoms with Gasteiger partial charge in [-0.05, 0) is 32.4 Å². The number of hydrogen-bond acceptors (Lipinski definition) is 2. The molecule has 10 heavy (non-hydrogen) atoms. The monoisotopic (exact) mass is 142 g/mol. The molecule has 0 amide bonds. The fourth-order valence-electron chi connectivity index (χ4n) is 0.537. The minimum Gasteiger partial charge on any atom is -0.378 e. The maximum absolute atomic E-state index is 10.7. The molecule has 0 aliphatic carbocycles. The minimum atomic E-state index is 0.0314. The van der Waals surface area contributed by atoms with Gasteiger partial charge in [0.25, 0.3) is 0 Å². The van der Waals surface area contributed by atoms with E-state index in [1.165, 1.54) is 0 Å². The molecule has 0 rings (SSSR count). The highest BCUT2D eigenvalue weighted by atomic mass is 16.5. The quantitative estimate of drug-likeness (QED) is 0.559. The van der Waals surface area contributed by atoms with Crippen LogP contribution in [-0.4, -0.2) is 19.0 Å². The van der Waals surface area contributed by atoms with Gasteiger partial charge in [-0.1, -0.05) is 0 Å². The molecular formula is C8H14O2. The van der Waals surface area contributed by atoms with E-state index in [9.17, 15) is 4.79 Å². The van der Waals surface area contributed by atoms with Crippen LogP contribution >= 0.6 is 0 Å². The van der Waals surface area contributed by atoms with Gasteiger partial charge >= 0.3 is 0 Å². The molecule has 0 aliphatic rings. The van der Waals surface area contributed by atoms with Gasteiger partial charge in [0.2, 0.25) is 0 Å². The van der Waals surface area contributed by atoms with Gasteiger partial charge in [0.1, 0.15) is 0 Å². The zero-order valence-electron chi connectivity index (χ0n) is 6.97. The van der Waals surface area contributed by atoms with Crippen molar-refractivity contribution in [1.82, 2.24) is 0 Å². The number of allylic oxidation sites excluding steroid dienone is 1. The van der Waals surface area contributed by atoms with Crippen LogP contribution in [0, 0.1) is 0 Å². The Hall–Kier alpha value is -0.630. The largest absolute Gasteiger partial charge is 0.378 e. The summed E-state index contributed by atoms with van der Waals surface area (Å²) in [7, 11) is 1.62. The van der Waals surface area contributed by atoms with Gasteiger partial charge in [-0.2, -0.15) is 0 Å². The molecule has 0 spiro atoms. The van der Waals surface area contributed by atoms with Crippen LogP contribution in [0.5, 0.6) is 0 Å². The van der Waals surface area contributed by atoms with Crippen LogP contribution in [-0.2, 0) is 9.53 Å². The first-order chi connectivity index (χ1) is 4.57. The van der Waals surface area contributed by atoms with Crippen molar-refractivity contribution in [3.8, 4) is 0 Å². The molecule has 0 aromatic rings. The molecule has 0 aromatic carbocycles. The summed E-state index contributed by atoms with van der Waals surface area (Å²) in [5.74, 6) is 0.101. The van der Waals surface area contributed by atoms with Crippen molar-refractivity contribution in [2.75, 3.05) is 7.11 Å². The highest BCUT2D eigenvalue weighted by Crippen LogP contribution is 1.98. The van der Waals surface area contributed by atoms with Crippen molar-refractivity contribution >= 4 is 5.78 Å². The Morgan fingerprint density at radius 1 is 1.50 bits per heavy atom. The Balaban J connectivity index is 4.02. The summed E-state index contributed by atoms with van der Waals surface area (Å²) in [5.41, 5.74) is 0.759. The summed E-state index contributed by atoms with van der Waals surface area (Å²) in [6, 6.07) is 0. The van der Waals surface area contributed by atoms with Gasteiger partial charge in [-0.25, -0.2) is 0 Å². The Kier molecular flexibility index (Phi) is 3.96. The second-order valence-corrected chi connectivity index (χ2v) is 2.35. The van der Waals surface area contributed by atoms with Gasteiger partial charge < -0.3 is 4.74 Å². The maximum Gasteiger partial charge on any atom is 0.155 e. The molecular weight excluding hydrogens is 128 g/mol. The molecule has 0 N–H and O–H groups in total. The number of carbonyl (C=O) groups is 1. The first-order valence-corrected chi connectivity index (χ1v) is 3.30. The lowest BCUT2D eigenvalue weighted by molar-refractivity contribution is -0.113. The predicted molar refractivity (Wildman–Crippen MR) is 40.9 cm³/mol. The van der Waals surface area contributed by atoms with Crippen LogP contribution < -0.4 is 0 Å². The van der Waals surface area contributed by atoms with Crippen molar-refractivity contribution in [2.45, 2.75) is 26.9 Å². The topological polar surface area (TPSA) is 26.3 Å². The fourth-order valence-corrected chi connectivity index (χ4v) is 0.537. The zero-order valence-corrected chi connectivity index (χ0v) is 6.97. The molecule has 0 radical (unpaired) electrons. The highest BCUT2D eigenvalue weighted by molar-refractivity contribution is 5.92. The van der Waals surface area contributed by atoms with E-state index in [4.69, 9.17) is 4.74 Å². The first kappa shape index (κ1) is 9.37. The third kappa shape index (κ3) is 3.41. The van der Waals surface area contributed by atoms with Crippen LogP contribution in [0.15, 0.2) is 11.6 Å². The molecule has 0 aliphatic heterocycles. The third-order valence-electron chi connectivity index (χ3n) is 1.41. The molecule has 58 valence electrons. The molecule has 1 unspecified atom stereocenters. The molecule has 1 atom stereocenters. The van der Waals surface area contributed by atoms with Crippen LogP contribution in [0.25, 0.3) is 0 Å². The van der Waals surface area contributed by atoms with E-state index in [2.05, 4.69) is 0 Å². The van der Waals surface area contributed by atoms with Crippen molar-refractivity contribution in [3.63, 3.8) is 0 Å². The maximum atomic E-state index is 10.7. The van der Waals surface area contributed by atoms with Crippen molar-refractivity contribution < 1.29 is 9.53 Å². The molecule has 0 bridgehead atoms. The summed E-state index contributed by atoms with van der Waals surface area (Å²) in [6.45, 7) is 5.23. The highest BCUT2D eigenvalue weighted by Gasteiger charge is 1.98. The van der Waals surface area contributed by atoms with Gasteiger partial charge in [0.05, 0.1) is 6.10 Å². The van der Waals surface area contributed by atoms with Crippen molar-refractivity contribution in [3.05, 3.63) is 11.6 Å². The number of Topliss-reactive ketones (excluding diaryl/α,β-unsaturated/α-hetero) is 1. The zero-order chi connectivity index (χ0) is 8.15. The number of rotatable bonds is 3. The average Bonchev–Trinajstić information content (AvgIpc) is 1.87. The number of ketones is 1. The number of hydrogen-bond donors (Lipinski definition) is 0. The van der Waals surface area contributed by atoms with Crippen LogP contribution in [0.1, 0.15) is 20.8 Å². The number of ether oxygens (including phenoxy) is 1. The molecule has 2 nitrogen and oxygen atoms in total. The standard InChI is InChI=1S/C8H14O2/c1-6(8(3)9)5-7(2)10-4/h5,7H,1-4H3/b6-5+. The number of methoxy groups -OCH3 is 1. The fraction of sp³-hybridized carbons (Fsp3) is 0.625. The SMILES string of the molecule is COC(C)/C=C(\C)C(C)=O. The average molecular weight is 142 g/mol. The van der Waals surface area contributed by atoms with E-state index >= 15 is 0 Å². The predicted octanol–water partition coefficient (Wildman–Crippen LogP) is 1.56. The van der Waals surface area contributed by atoms with Gasteiger partial charge in [-0.3, -0.25) is 4.79 Å². The molecule has 0 saturated carbocycles. The van der Waals surface area contributed by atoms with E-state index < -0.39 is 0 Å². The lowest BCUT2D eigenvalue weighted by atomic mass is 10.2. The van der Waals surface area contributed by atoms with Crippen LogP contribution in [0.4, 0.5) is 0 Å². The molecule has 2 heteroatoms. The second-order valence-electron chi connectivity index (χ2n) is 2.35. The Labute approximate surface area is 61.9 Å². The van der Waals surface area contributed by atoms with Crippen LogP contribution in [0.3, 0.4) is 0 Å². The molecule has 0 heterocycles. The second kappa shape index (κ2) is 4.23. The Morgan fingerprint density at radius 3 is 2.30 bits per heavy atom. The van der Waals surface area contributed by atoms with E-state index in [0.717, 1.165) is 5.57 Å². The lowest BCUT2D eigenvalue weighted by Gasteiger charge is -2.03. The minimum absolute atomic E-state index is 0.0314. The summed E-state index contributed by atoms with van der Waals surface area (Å²) in [5, 5.41) is 0. The van der Waals surface area contributed by atoms with Crippen molar-refractivity contribution in [2.24, 2.45) is 0 Å². The number of carbonyl (C=O) groups excluding carboxylic acids is 1. The van der Waals surface area contributed by atoms with Gasteiger partial charge in [-0.15, -0.1) is 0 Å². The van der Waals surface area contributed by atoms with E-state index in [0.29, 0.717) is 0 Å². The third-order valence-corrected chi connectivity index (χ3v) is 1.41. The summed E-state index contributed by atoms with van der Waals surface area (Å²) in [4.78, 5) is 10.7. The van der Waals surface area contributed by atoms with Gasteiger partial charge in [0.15, 0.2) is 5.78 Å². The van der Waals surface area contributed by atoms with Crippen LogP contribution in [0.2, 0.25) is 0 Å². The smallest absolute Gasteiger partial charge is 0.155 e. The Morgan fingerprint density at radius 2 is 2.00 bits per heavy atom. The normalized spacial score (nSPS) is 15.0. The molecule has 0 aromatic heterocycles. The van der Waals surface area contributed by atoms with E-state index in [-0.39, 0.29) is 11.9 Å².